The number of carbonyl (C=O) groups excluding carboxylic acids is 1. The Morgan fingerprint density at radius 2 is 2.15 bits per heavy atom. The van der Waals surface area contributed by atoms with Crippen LogP contribution in [0.15, 0.2) is 28.0 Å². The first-order valence-corrected chi connectivity index (χ1v) is 6.16. The van der Waals surface area contributed by atoms with Crippen molar-refractivity contribution in [1.82, 2.24) is 15.3 Å². The van der Waals surface area contributed by atoms with Crippen molar-refractivity contribution in [2.45, 2.75) is 19.8 Å². The minimum absolute atomic E-state index is 0.0991. The number of H-pyrrole nitrogens is 2. The summed E-state index contributed by atoms with van der Waals surface area (Å²) in [6, 6.07) is 0. The fraction of sp³-hybridized carbons (Fsp3) is 0.308. The molecule has 2 rings (SSSR count). The maximum absolute atomic E-state index is 11.8. The van der Waals surface area contributed by atoms with Gasteiger partial charge in [-0.05, 0) is 24.5 Å². The monoisotopic (exact) mass is 277 g/mol. The van der Waals surface area contributed by atoms with Gasteiger partial charge in [0, 0.05) is 13.5 Å². The van der Waals surface area contributed by atoms with Gasteiger partial charge in [-0.25, -0.2) is 4.79 Å². The molecule has 106 valence electrons. The lowest BCUT2D eigenvalue weighted by molar-refractivity contribution is -0.118. The van der Waals surface area contributed by atoms with E-state index in [9.17, 15) is 14.4 Å². The number of hydrogen-bond acceptors (Lipinski definition) is 4. The van der Waals surface area contributed by atoms with Crippen molar-refractivity contribution in [3.63, 3.8) is 0 Å². The van der Waals surface area contributed by atoms with Crippen LogP contribution in [0.3, 0.4) is 0 Å². The molecular weight excluding hydrogens is 262 g/mol. The Bertz CT molecular complexity index is 696. The van der Waals surface area contributed by atoms with E-state index in [1.165, 1.54) is 6.92 Å². The summed E-state index contributed by atoms with van der Waals surface area (Å²) in [4.78, 5) is 38.5. The van der Waals surface area contributed by atoms with E-state index in [2.05, 4.69) is 21.9 Å². The molecule has 0 spiro atoms. The van der Waals surface area contributed by atoms with Crippen LogP contribution in [0.2, 0.25) is 0 Å². The van der Waals surface area contributed by atoms with Gasteiger partial charge in [0.2, 0.25) is 11.8 Å². The van der Waals surface area contributed by atoms with Crippen molar-refractivity contribution in [2.75, 3.05) is 6.54 Å². The van der Waals surface area contributed by atoms with E-state index in [-0.39, 0.29) is 11.8 Å². The van der Waals surface area contributed by atoms with Crippen molar-refractivity contribution in [3.8, 4) is 5.88 Å². The van der Waals surface area contributed by atoms with Gasteiger partial charge >= 0.3 is 5.69 Å². The largest absolute Gasteiger partial charge is 0.441 e. The molecule has 0 unspecified atom stereocenters. The number of fused-ring (bicyclic) bond motifs is 1. The zero-order chi connectivity index (χ0) is 14.7. The second-order valence-corrected chi connectivity index (χ2v) is 4.44. The first-order chi connectivity index (χ1) is 9.47. The molecule has 7 nitrogen and oxygen atoms in total. The minimum Gasteiger partial charge on any atom is -0.441 e. The van der Waals surface area contributed by atoms with E-state index < -0.39 is 11.2 Å². The molecule has 0 radical (unpaired) electrons. The molecule has 1 aromatic rings. The van der Waals surface area contributed by atoms with Crippen molar-refractivity contribution in [1.29, 1.82) is 0 Å². The Labute approximate surface area is 114 Å². The fourth-order valence-electron chi connectivity index (χ4n) is 2.00. The van der Waals surface area contributed by atoms with Gasteiger partial charge in [0.1, 0.15) is 11.3 Å². The predicted octanol–water partition coefficient (Wildman–Crippen LogP) is 0.269. The number of ether oxygens (including phenoxy) is 1. The number of aromatic amines is 2. The number of rotatable bonds is 4. The quantitative estimate of drug-likeness (QED) is 0.687. The van der Waals surface area contributed by atoms with Crippen LogP contribution in [-0.4, -0.2) is 22.4 Å². The first kappa shape index (κ1) is 13.9. The second-order valence-electron chi connectivity index (χ2n) is 4.44. The summed E-state index contributed by atoms with van der Waals surface area (Å²) in [5.41, 5.74) is -0.0954. The van der Waals surface area contributed by atoms with E-state index >= 15 is 0 Å². The third kappa shape index (κ3) is 3.05. The number of nitrogens with one attached hydrogen (secondary N) is 3. The number of aromatic nitrogens is 2. The van der Waals surface area contributed by atoms with Crippen LogP contribution in [0.4, 0.5) is 0 Å². The highest BCUT2D eigenvalue weighted by Gasteiger charge is 2.20. The zero-order valence-electron chi connectivity index (χ0n) is 11.0. The van der Waals surface area contributed by atoms with Gasteiger partial charge in [-0.15, -0.1) is 0 Å². The van der Waals surface area contributed by atoms with Gasteiger partial charge in [0.25, 0.3) is 5.56 Å². The zero-order valence-corrected chi connectivity index (χ0v) is 11.0. The topological polar surface area (TPSA) is 104 Å². The third-order valence-electron chi connectivity index (χ3n) is 2.79. The first-order valence-electron chi connectivity index (χ1n) is 6.16. The van der Waals surface area contributed by atoms with E-state index in [1.807, 2.05) is 0 Å². The molecule has 2 heterocycles. The van der Waals surface area contributed by atoms with Gasteiger partial charge in [-0.3, -0.25) is 19.6 Å². The molecule has 1 aromatic heterocycles. The Balaban J connectivity index is 2.22. The van der Waals surface area contributed by atoms with Crippen molar-refractivity contribution >= 4 is 11.5 Å². The summed E-state index contributed by atoms with van der Waals surface area (Å²) in [6.07, 6.45) is 2.88. The SMILES string of the molecule is C=C1C=C(CCCNC(C)=O)c2c([nH]c(=O)[nH]c2=O)O1. The molecule has 1 aliphatic rings. The summed E-state index contributed by atoms with van der Waals surface area (Å²) >= 11 is 0. The van der Waals surface area contributed by atoms with E-state index in [1.54, 1.807) is 6.08 Å². The number of carbonyl (C=O) groups is 1. The molecule has 3 N–H and O–H groups in total. The Kier molecular flexibility index (Phi) is 3.88. The predicted molar refractivity (Wildman–Crippen MR) is 73.3 cm³/mol. The standard InChI is InChI=1S/C13H15N3O4/c1-7-6-9(4-3-5-14-8(2)17)10-11(18)15-13(19)16-12(10)20-7/h6H,1,3-5H2,2H3,(H,14,17)(H2,15,16,18,19). The Morgan fingerprint density at radius 3 is 2.85 bits per heavy atom. The summed E-state index contributed by atoms with van der Waals surface area (Å²) in [5, 5.41) is 2.68. The number of amides is 1. The minimum atomic E-state index is -0.624. The lowest BCUT2D eigenvalue weighted by Crippen LogP contribution is -2.28. The highest BCUT2D eigenvalue weighted by atomic mass is 16.5. The summed E-state index contributed by atoms with van der Waals surface area (Å²) in [5.74, 6) is 0.368. The number of allylic oxidation sites excluding steroid dienone is 2. The van der Waals surface area contributed by atoms with Crippen LogP contribution in [0.5, 0.6) is 5.88 Å². The molecule has 0 saturated heterocycles. The van der Waals surface area contributed by atoms with Crippen LogP contribution in [0.1, 0.15) is 25.3 Å². The molecule has 20 heavy (non-hydrogen) atoms. The molecule has 0 atom stereocenters. The average molecular weight is 277 g/mol. The number of hydrogen-bond donors (Lipinski definition) is 3. The second kappa shape index (κ2) is 5.60. The van der Waals surface area contributed by atoms with Crippen LogP contribution in [-0.2, 0) is 4.79 Å². The highest BCUT2D eigenvalue weighted by molar-refractivity contribution is 5.73. The van der Waals surface area contributed by atoms with E-state index in [0.29, 0.717) is 30.7 Å². The lowest BCUT2D eigenvalue weighted by atomic mass is 10.0. The van der Waals surface area contributed by atoms with Gasteiger partial charge in [0.05, 0.1) is 0 Å². The molecule has 7 heteroatoms. The van der Waals surface area contributed by atoms with E-state index in [4.69, 9.17) is 4.74 Å². The molecule has 0 fully saturated rings. The summed E-state index contributed by atoms with van der Waals surface area (Å²) in [7, 11) is 0. The van der Waals surface area contributed by atoms with Crippen molar-refractivity contribution in [3.05, 3.63) is 44.8 Å². The molecule has 0 saturated carbocycles. The maximum Gasteiger partial charge on any atom is 0.328 e. The smallest absolute Gasteiger partial charge is 0.328 e. The fourth-order valence-corrected chi connectivity index (χ4v) is 2.00. The molecule has 0 aliphatic carbocycles. The molecule has 1 aliphatic heterocycles. The third-order valence-corrected chi connectivity index (χ3v) is 2.79. The molecule has 1 amide bonds. The molecular formula is C13H15N3O4. The molecule has 0 aromatic carbocycles. The summed E-state index contributed by atoms with van der Waals surface area (Å²) < 4.78 is 5.25. The molecule has 0 bridgehead atoms. The van der Waals surface area contributed by atoms with Gasteiger partial charge in [-0.1, -0.05) is 6.58 Å². The van der Waals surface area contributed by atoms with Crippen LogP contribution < -0.4 is 21.3 Å². The van der Waals surface area contributed by atoms with Crippen LogP contribution >= 0.6 is 0 Å². The lowest BCUT2D eigenvalue weighted by Gasteiger charge is -2.18. The van der Waals surface area contributed by atoms with Crippen LogP contribution in [0, 0.1) is 0 Å². The average Bonchev–Trinajstić information content (AvgIpc) is 2.32. The van der Waals surface area contributed by atoms with Gasteiger partial charge in [0.15, 0.2) is 0 Å². The van der Waals surface area contributed by atoms with Crippen molar-refractivity contribution in [2.24, 2.45) is 0 Å². The van der Waals surface area contributed by atoms with Gasteiger partial charge in [-0.2, -0.15) is 0 Å². The van der Waals surface area contributed by atoms with Crippen molar-refractivity contribution < 1.29 is 9.53 Å². The maximum atomic E-state index is 11.8. The normalized spacial score (nSPS) is 13.2. The highest BCUT2D eigenvalue weighted by Crippen LogP contribution is 2.29. The van der Waals surface area contributed by atoms with Crippen LogP contribution in [0.25, 0.3) is 5.57 Å². The van der Waals surface area contributed by atoms with E-state index in [0.717, 1.165) is 5.57 Å². The Morgan fingerprint density at radius 1 is 1.40 bits per heavy atom. The summed E-state index contributed by atoms with van der Waals surface area (Å²) in [6.45, 7) is 5.63. The Hall–Kier alpha value is -2.57. The van der Waals surface area contributed by atoms with Gasteiger partial charge < -0.3 is 10.1 Å².